The summed E-state index contributed by atoms with van der Waals surface area (Å²) in [6.07, 6.45) is 5.79. The van der Waals surface area contributed by atoms with Crippen LogP contribution in [-0.4, -0.2) is 24.9 Å². The fourth-order valence-electron chi connectivity index (χ4n) is 4.80. The summed E-state index contributed by atoms with van der Waals surface area (Å²) in [5, 5.41) is 10.8. The zero-order chi connectivity index (χ0) is 27.7. The van der Waals surface area contributed by atoms with Crippen LogP contribution in [0.3, 0.4) is 0 Å². The number of aromatic hydroxyl groups is 1. The molecule has 40 heavy (non-hydrogen) atoms. The van der Waals surface area contributed by atoms with Crippen LogP contribution in [0.5, 0.6) is 5.75 Å². The summed E-state index contributed by atoms with van der Waals surface area (Å²) >= 11 is 0. The molecule has 0 bridgehead atoms. The quantitative estimate of drug-likeness (QED) is 0.131. The van der Waals surface area contributed by atoms with E-state index in [0.29, 0.717) is 39.6 Å². The highest BCUT2D eigenvalue weighted by Gasteiger charge is 2.14. The van der Waals surface area contributed by atoms with Crippen LogP contribution in [0.15, 0.2) is 103 Å². The first-order valence-corrected chi connectivity index (χ1v) is 14.5. The highest BCUT2D eigenvalue weighted by molar-refractivity contribution is 5.43. The molecule has 0 aliphatic rings. The molecule has 0 heterocycles. The molecule has 0 amide bonds. The molecule has 4 aromatic carbocycles. The van der Waals surface area contributed by atoms with Gasteiger partial charge in [0.15, 0.2) is 0 Å². The van der Waals surface area contributed by atoms with Gasteiger partial charge in [-0.3, -0.25) is 0 Å². The normalized spacial score (nSPS) is 11.1. The Labute approximate surface area is 239 Å². The molecule has 0 saturated heterocycles. The van der Waals surface area contributed by atoms with Crippen molar-refractivity contribution in [1.29, 1.82) is 0 Å². The van der Waals surface area contributed by atoms with Gasteiger partial charge in [0.05, 0.1) is 19.8 Å². The minimum atomic E-state index is 0.249. The van der Waals surface area contributed by atoms with Gasteiger partial charge in [0.2, 0.25) is 0 Å². The maximum atomic E-state index is 10.8. The van der Waals surface area contributed by atoms with Crippen LogP contribution in [-0.2, 0) is 53.3 Å². The number of phenolic OH excluding ortho intramolecular Hbond substituents is 1. The van der Waals surface area contributed by atoms with Gasteiger partial charge in [0.1, 0.15) is 5.75 Å². The average Bonchev–Trinajstić information content (AvgIpc) is 3.00. The van der Waals surface area contributed by atoms with Gasteiger partial charge in [-0.2, -0.15) is 0 Å². The van der Waals surface area contributed by atoms with Gasteiger partial charge < -0.3 is 19.3 Å². The monoisotopic (exact) mass is 538 g/mol. The summed E-state index contributed by atoms with van der Waals surface area (Å²) in [6.45, 7) is 3.22. The van der Waals surface area contributed by atoms with Gasteiger partial charge in [-0.05, 0) is 72.4 Å². The van der Waals surface area contributed by atoms with E-state index >= 15 is 0 Å². The number of hydrogen-bond donors (Lipinski definition) is 1. The molecule has 0 aliphatic carbocycles. The Balaban J connectivity index is 1.30. The first-order chi connectivity index (χ1) is 19.8. The van der Waals surface area contributed by atoms with Crippen molar-refractivity contribution in [3.8, 4) is 5.75 Å². The zero-order valence-electron chi connectivity index (χ0n) is 23.5. The van der Waals surface area contributed by atoms with E-state index in [-0.39, 0.29) is 5.75 Å². The molecular formula is C36H42O4. The van der Waals surface area contributed by atoms with E-state index in [1.54, 1.807) is 6.07 Å². The first kappa shape index (κ1) is 29.5. The lowest BCUT2D eigenvalue weighted by molar-refractivity contribution is 0.0962. The Bertz CT molecular complexity index is 1230. The molecule has 0 spiro atoms. The van der Waals surface area contributed by atoms with Crippen LogP contribution in [0, 0.1) is 0 Å². The molecule has 0 radical (unpaired) electrons. The van der Waals surface area contributed by atoms with E-state index in [9.17, 15) is 5.11 Å². The Morgan fingerprint density at radius 1 is 0.425 bits per heavy atom. The molecule has 210 valence electrons. The van der Waals surface area contributed by atoms with Gasteiger partial charge in [-0.1, -0.05) is 97.1 Å². The fourth-order valence-corrected chi connectivity index (χ4v) is 4.80. The predicted octanol–water partition coefficient (Wildman–Crippen LogP) is 7.84. The number of benzene rings is 4. The van der Waals surface area contributed by atoms with E-state index in [1.165, 1.54) is 16.7 Å². The summed E-state index contributed by atoms with van der Waals surface area (Å²) < 4.78 is 18.2. The number of aryl methyl sites for hydroxylation is 3. The van der Waals surface area contributed by atoms with E-state index in [1.807, 2.05) is 24.3 Å². The summed E-state index contributed by atoms with van der Waals surface area (Å²) in [6, 6.07) is 35.1. The molecule has 0 fully saturated rings. The van der Waals surface area contributed by atoms with Crippen molar-refractivity contribution in [3.63, 3.8) is 0 Å². The third-order valence-corrected chi connectivity index (χ3v) is 7.04. The van der Waals surface area contributed by atoms with Gasteiger partial charge in [0.25, 0.3) is 0 Å². The lowest BCUT2D eigenvalue weighted by Crippen LogP contribution is -2.09. The van der Waals surface area contributed by atoms with Crippen LogP contribution in [0.4, 0.5) is 0 Å². The van der Waals surface area contributed by atoms with Crippen LogP contribution >= 0.6 is 0 Å². The van der Waals surface area contributed by atoms with Crippen molar-refractivity contribution in [3.05, 3.63) is 137 Å². The second-order valence-electron chi connectivity index (χ2n) is 10.1. The fraction of sp³-hybridized carbons (Fsp3) is 0.333. The van der Waals surface area contributed by atoms with Crippen molar-refractivity contribution in [2.75, 3.05) is 19.8 Å². The molecule has 0 saturated carbocycles. The van der Waals surface area contributed by atoms with Gasteiger partial charge in [-0.15, -0.1) is 0 Å². The SMILES string of the molecule is Oc1ccc(COCCCc2ccccc2)c(COCCCc2ccccc2)c1COCCCc1ccccc1. The Morgan fingerprint density at radius 2 is 0.825 bits per heavy atom. The van der Waals surface area contributed by atoms with Crippen LogP contribution < -0.4 is 0 Å². The second-order valence-corrected chi connectivity index (χ2v) is 10.1. The summed E-state index contributed by atoms with van der Waals surface area (Å²) in [5.74, 6) is 0.249. The predicted molar refractivity (Wildman–Crippen MR) is 161 cm³/mol. The smallest absolute Gasteiger partial charge is 0.121 e. The molecule has 4 nitrogen and oxygen atoms in total. The molecule has 1 N–H and O–H groups in total. The van der Waals surface area contributed by atoms with Gasteiger partial charge in [-0.25, -0.2) is 0 Å². The average molecular weight is 539 g/mol. The van der Waals surface area contributed by atoms with E-state index in [2.05, 4.69) is 72.8 Å². The maximum Gasteiger partial charge on any atom is 0.121 e. The number of phenols is 1. The molecule has 0 aliphatic heterocycles. The second kappa shape index (κ2) is 17.3. The Morgan fingerprint density at radius 3 is 1.27 bits per heavy atom. The number of ether oxygens (including phenoxy) is 3. The van der Waals surface area contributed by atoms with Crippen molar-refractivity contribution in [2.45, 2.75) is 58.3 Å². The van der Waals surface area contributed by atoms with Crippen LogP contribution in [0.2, 0.25) is 0 Å². The molecule has 0 aromatic heterocycles. The summed E-state index contributed by atoms with van der Waals surface area (Å²) in [5.41, 5.74) is 6.78. The molecule has 0 atom stereocenters. The Hall–Kier alpha value is -3.44. The minimum absolute atomic E-state index is 0.249. The first-order valence-electron chi connectivity index (χ1n) is 14.5. The lowest BCUT2D eigenvalue weighted by Gasteiger charge is -2.17. The highest BCUT2D eigenvalue weighted by Crippen LogP contribution is 2.27. The van der Waals surface area contributed by atoms with E-state index < -0.39 is 0 Å². The van der Waals surface area contributed by atoms with Gasteiger partial charge >= 0.3 is 0 Å². The number of rotatable bonds is 18. The largest absolute Gasteiger partial charge is 0.508 e. The van der Waals surface area contributed by atoms with E-state index in [4.69, 9.17) is 14.2 Å². The third-order valence-electron chi connectivity index (χ3n) is 7.04. The van der Waals surface area contributed by atoms with Crippen molar-refractivity contribution < 1.29 is 19.3 Å². The van der Waals surface area contributed by atoms with Gasteiger partial charge in [0, 0.05) is 25.4 Å². The molecule has 4 aromatic rings. The molecule has 4 rings (SSSR count). The molecule has 0 unspecified atom stereocenters. The van der Waals surface area contributed by atoms with Crippen LogP contribution in [0.25, 0.3) is 0 Å². The zero-order valence-corrected chi connectivity index (χ0v) is 23.5. The Kier molecular flexibility index (Phi) is 12.8. The van der Waals surface area contributed by atoms with E-state index in [0.717, 1.165) is 55.2 Å². The standard InChI is InChI=1S/C36H42O4/c37-36-23-22-33(27-38-24-10-19-30-13-4-1-5-14-30)34(28-39-25-11-20-31-15-6-2-7-16-31)35(36)29-40-26-12-21-32-17-8-3-9-18-32/h1-9,13-18,22-23,37H,10-12,19-21,24-29H2. The lowest BCUT2D eigenvalue weighted by atomic mass is 10.0. The minimum Gasteiger partial charge on any atom is -0.508 e. The maximum absolute atomic E-state index is 10.8. The summed E-state index contributed by atoms with van der Waals surface area (Å²) in [7, 11) is 0. The van der Waals surface area contributed by atoms with Crippen molar-refractivity contribution in [2.24, 2.45) is 0 Å². The molecule has 4 heteroatoms. The summed E-state index contributed by atoms with van der Waals surface area (Å²) in [4.78, 5) is 0. The van der Waals surface area contributed by atoms with Crippen molar-refractivity contribution in [1.82, 2.24) is 0 Å². The molecular weight excluding hydrogens is 496 g/mol. The van der Waals surface area contributed by atoms with Crippen LogP contribution in [0.1, 0.15) is 52.6 Å². The highest BCUT2D eigenvalue weighted by atomic mass is 16.5. The topological polar surface area (TPSA) is 47.9 Å². The third kappa shape index (κ3) is 10.3. The van der Waals surface area contributed by atoms with Crippen molar-refractivity contribution >= 4 is 0 Å². The number of hydrogen-bond acceptors (Lipinski definition) is 4.